The largest absolute Gasteiger partial charge is 0.444 e. The van der Waals surface area contributed by atoms with Gasteiger partial charge in [0, 0.05) is 36.4 Å². The maximum atomic E-state index is 13.8. The number of amides is 2. The van der Waals surface area contributed by atoms with Crippen molar-refractivity contribution in [2.45, 2.75) is 44.6 Å². The van der Waals surface area contributed by atoms with Crippen molar-refractivity contribution in [2.24, 2.45) is 0 Å². The third-order valence-corrected chi connectivity index (χ3v) is 5.24. The van der Waals surface area contributed by atoms with Crippen molar-refractivity contribution in [1.29, 1.82) is 0 Å². The van der Waals surface area contributed by atoms with E-state index in [0.717, 1.165) is 5.56 Å². The Labute approximate surface area is 182 Å². The number of benzene rings is 2. The smallest absolute Gasteiger partial charge is 0.412 e. The highest BCUT2D eigenvalue weighted by molar-refractivity contribution is 5.96. The van der Waals surface area contributed by atoms with E-state index >= 15 is 0 Å². The summed E-state index contributed by atoms with van der Waals surface area (Å²) < 4.78 is 24.6. The average Bonchev–Trinajstić information content (AvgIpc) is 2.71. The summed E-state index contributed by atoms with van der Waals surface area (Å²) in [6.07, 6.45) is 0.797. The minimum Gasteiger partial charge on any atom is -0.444 e. The Balaban J connectivity index is 1.69. The lowest BCUT2D eigenvalue weighted by molar-refractivity contribution is 0.0486. The van der Waals surface area contributed by atoms with Gasteiger partial charge in [-0.3, -0.25) is 10.1 Å². The summed E-state index contributed by atoms with van der Waals surface area (Å²) in [5, 5.41) is 5.62. The van der Waals surface area contributed by atoms with Crippen LogP contribution in [0.1, 0.15) is 49.5 Å². The second kappa shape index (κ2) is 9.47. The third kappa shape index (κ3) is 6.28. The molecule has 0 bridgehead atoms. The zero-order valence-corrected chi connectivity index (χ0v) is 18.2. The highest BCUT2D eigenvalue weighted by Crippen LogP contribution is 2.34. The van der Waals surface area contributed by atoms with Crippen LogP contribution in [0.3, 0.4) is 0 Å². The molecule has 1 saturated heterocycles. The van der Waals surface area contributed by atoms with Crippen LogP contribution >= 0.6 is 0 Å². The van der Waals surface area contributed by atoms with Crippen LogP contribution in [-0.4, -0.2) is 37.4 Å². The number of ether oxygens (including phenoxy) is 2. The van der Waals surface area contributed by atoms with E-state index in [1.807, 2.05) is 6.07 Å². The van der Waals surface area contributed by atoms with Gasteiger partial charge in [-0.15, -0.1) is 0 Å². The summed E-state index contributed by atoms with van der Waals surface area (Å²) in [7, 11) is 0. The first-order chi connectivity index (χ1) is 14.7. The summed E-state index contributed by atoms with van der Waals surface area (Å²) in [4.78, 5) is 24.8. The Hall–Kier alpha value is -2.93. The normalized spacial score (nSPS) is 15.7. The van der Waals surface area contributed by atoms with Gasteiger partial charge >= 0.3 is 6.09 Å². The van der Waals surface area contributed by atoms with E-state index in [9.17, 15) is 14.0 Å². The molecular weight excluding hydrogens is 399 g/mol. The van der Waals surface area contributed by atoms with Gasteiger partial charge in [0.05, 0.1) is 0 Å². The van der Waals surface area contributed by atoms with Crippen LogP contribution in [0.5, 0.6) is 0 Å². The number of halogens is 1. The van der Waals surface area contributed by atoms with Gasteiger partial charge in [-0.25, -0.2) is 9.18 Å². The summed E-state index contributed by atoms with van der Waals surface area (Å²) in [5.41, 5.74) is 0.732. The van der Waals surface area contributed by atoms with Crippen LogP contribution < -0.4 is 10.6 Å². The van der Waals surface area contributed by atoms with E-state index in [1.165, 1.54) is 12.1 Å². The van der Waals surface area contributed by atoms with Crippen molar-refractivity contribution in [3.8, 4) is 0 Å². The van der Waals surface area contributed by atoms with Crippen molar-refractivity contribution < 1.29 is 23.5 Å². The first kappa shape index (κ1) is 22.7. The van der Waals surface area contributed by atoms with E-state index in [4.69, 9.17) is 9.47 Å². The van der Waals surface area contributed by atoms with E-state index in [-0.39, 0.29) is 17.1 Å². The highest BCUT2D eigenvalue weighted by Gasteiger charge is 2.35. The lowest BCUT2D eigenvalue weighted by Crippen LogP contribution is -2.44. The fraction of sp³-hybridized carbons (Fsp3) is 0.417. The topological polar surface area (TPSA) is 76.7 Å². The average molecular weight is 429 g/mol. The molecule has 1 aliphatic heterocycles. The molecule has 0 spiro atoms. The lowest BCUT2D eigenvalue weighted by Gasteiger charge is -2.38. The number of carbonyl (C=O) groups is 2. The van der Waals surface area contributed by atoms with Crippen LogP contribution in [0.25, 0.3) is 0 Å². The molecule has 6 nitrogen and oxygen atoms in total. The maximum Gasteiger partial charge on any atom is 0.412 e. The molecule has 0 saturated carbocycles. The number of nitrogens with one attached hydrogen (secondary N) is 2. The van der Waals surface area contributed by atoms with Crippen molar-refractivity contribution >= 4 is 17.7 Å². The SMILES string of the molecule is CC(C)(C)OC(=O)Nc1cccc(C(=O)NCC2(c3cccc(F)c3)CCOCC2)c1. The fourth-order valence-electron chi connectivity index (χ4n) is 3.66. The predicted molar refractivity (Wildman–Crippen MR) is 117 cm³/mol. The second-order valence-corrected chi connectivity index (χ2v) is 8.79. The number of hydrogen-bond acceptors (Lipinski definition) is 4. The lowest BCUT2D eigenvalue weighted by atomic mass is 9.74. The zero-order valence-electron chi connectivity index (χ0n) is 18.2. The number of hydrogen-bond donors (Lipinski definition) is 2. The molecule has 3 rings (SSSR count). The standard InChI is InChI=1S/C24H29FN2O4/c1-23(2,3)31-22(29)27-20-9-4-6-17(14-20)21(28)26-16-24(10-12-30-13-11-24)18-7-5-8-19(25)15-18/h4-9,14-15H,10-13,16H2,1-3H3,(H,26,28)(H,27,29). The van der Waals surface area contributed by atoms with Gasteiger partial charge < -0.3 is 14.8 Å². The van der Waals surface area contributed by atoms with Gasteiger partial charge in [0.1, 0.15) is 11.4 Å². The van der Waals surface area contributed by atoms with Crippen molar-refractivity contribution in [1.82, 2.24) is 5.32 Å². The summed E-state index contributed by atoms with van der Waals surface area (Å²) >= 11 is 0. The molecule has 1 aliphatic rings. The van der Waals surface area contributed by atoms with Gasteiger partial charge in [-0.05, 0) is 69.5 Å². The molecule has 1 fully saturated rings. The Bertz CT molecular complexity index is 933. The van der Waals surface area contributed by atoms with Crippen LogP contribution in [0.2, 0.25) is 0 Å². The minimum atomic E-state index is -0.617. The molecule has 166 valence electrons. The summed E-state index contributed by atoms with van der Waals surface area (Å²) in [6.45, 7) is 6.81. The van der Waals surface area contributed by atoms with Crippen molar-refractivity contribution in [3.63, 3.8) is 0 Å². The number of anilines is 1. The molecule has 0 aliphatic carbocycles. The Morgan fingerprint density at radius 3 is 2.48 bits per heavy atom. The molecule has 7 heteroatoms. The van der Waals surface area contributed by atoms with Gasteiger partial charge in [0.25, 0.3) is 5.91 Å². The highest BCUT2D eigenvalue weighted by atomic mass is 19.1. The first-order valence-corrected chi connectivity index (χ1v) is 10.4. The molecule has 1 heterocycles. The Kier molecular flexibility index (Phi) is 6.95. The first-order valence-electron chi connectivity index (χ1n) is 10.4. The number of rotatable bonds is 5. The molecule has 0 aromatic heterocycles. The molecule has 0 radical (unpaired) electrons. The van der Waals surface area contributed by atoms with Crippen LogP contribution in [0.15, 0.2) is 48.5 Å². The fourth-order valence-corrected chi connectivity index (χ4v) is 3.66. The van der Waals surface area contributed by atoms with E-state index in [1.54, 1.807) is 51.1 Å². The monoisotopic (exact) mass is 428 g/mol. The van der Waals surface area contributed by atoms with Gasteiger partial charge in [0.2, 0.25) is 0 Å². The van der Waals surface area contributed by atoms with Crippen LogP contribution in [0, 0.1) is 5.82 Å². The van der Waals surface area contributed by atoms with Crippen molar-refractivity contribution in [3.05, 3.63) is 65.5 Å². The number of carbonyl (C=O) groups excluding carboxylic acids is 2. The van der Waals surface area contributed by atoms with Gasteiger partial charge in [0.15, 0.2) is 0 Å². The molecule has 2 N–H and O–H groups in total. The van der Waals surface area contributed by atoms with Crippen LogP contribution in [-0.2, 0) is 14.9 Å². The molecule has 2 amide bonds. The van der Waals surface area contributed by atoms with Gasteiger partial charge in [-0.1, -0.05) is 18.2 Å². The Morgan fingerprint density at radius 2 is 1.81 bits per heavy atom. The quantitative estimate of drug-likeness (QED) is 0.727. The van der Waals surface area contributed by atoms with E-state index < -0.39 is 11.7 Å². The van der Waals surface area contributed by atoms with E-state index in [2.05, 4.69) is 10.6 Å². The minimum absolute atomic E-state index is 0.268. The third-order valence-electron chi connectivity index (χ3n) is 5.24. The molecule has 31 heavy (non-hydrogen) atoms. The molecule has 2 aromatic carbocycles. The zero-order chi connectivity index (χ0) is 22.5. The molecule has 0 unspecified atom stereocenters. The summed E-state index contributed by atoms with van der Waals surface area (Å²) in [5.74, 6) is -0.564. The van der Waals surface area contributed by atoms with Crippen molar-refractivity contribution in [2.75, 3.05) is 25.1 Å². The predicted octanol–water partition coefficient (Wildman–Crippen LogP) is 4.65. The molecule has 0 atom stereocenters. The molecule has 2 aromatic rings. The van der Waals surface area contributed by atoms with E-state index in [0.29, 0.717) is 43.9 Å². The van der Waals surface area contributed by atoms with Crippen LogP contribution in [0.4, 0.5) is 14.9 Å². The Morgan fingerprint density at radius 1 is 1.10 bits per heavy atom. The summed E-state index contributed by atoms with van der Waals surface area (Å²) in [6, 6.07) is 13.2. The maximum absolute atomic E-state index is 13.8. The van der Waals surface area contributed by atoms with Gasteiger partial charge in [-0.2, -0.15) is 0 Å². The second-order valence-electron chi connectivity index (χ2n) is 8.79. The molecular formula is C24H29FN2O4.